The first-order valence-electron chi connectivity index (χ1n) is 8.50. The summed E-state index contributed by atoms with van der Waals surface area (Å²) in [6.45, 7) is 1.81. The van der Waals surface area contributed by atoms with E-state index in [0.717, 1.165) is 10.9 Å². The average Bonchev–Trinajstić information content (AvgIpc) is 3.10. The minimum absolute atomic E-state index is 0.0890. The predicted molar refractivity (Wildman–Crippen MR) is 104 cm³/mol. The van der Waals surface area contributed by atoms with Gasteiger partial charge in [-0.2, -0.15) is 0 Å². The van der Waals surface area contributed by atoms with Gasteiger partial charge in [-0.1, -0.05) is 23.2 Å². The summed E-state index contributed by atoms with van der Waals surface area (Å²) >= 11 is 12.0. The van der Waals surface area contributed by atoms with Gasteiger partial charge >= 0.3 is 0 Å². The average molecular weight is 403 g/mol. The summed E-state index contributed by atoms with van der Waals surface area (Å²) in [5, 5.41) is 1.71. The van der Waals surface area contributed by atoms with Crippen LogP contribution in [0.25, 0.3) is 10.9 Å². The smallest absolute Gasteiger partial charge is 0.270 e. The van der Waals surface area contributed by atoms with Crippen LogP contribution in [0, 0.1) is 0 Å². The zero-order valence-corrected chi connectivity index (χ0v) is 15.8. The van der Waals surface area contributed by atoms with Gasteiger partial charge in [0.2, 0.25) is 0 Å². The molecular formula is C19H16Cl2N4O2. The molecule has 0 spiro atoms. The number of carbonyl (C=O) groups is 2. The third kappa shape index (κ3) is 3.50. The third-order valence-corrected chi connectivity index (χ3v) is 5.19. The van der Waals surface area contributed by atoms with Gasteiger partial charge in [-0.25, -0.2) is 4.98 Å². The lowest BCUT2D eigenvalue weighted by Gasteiger charge is -2.34. The summed E-state index contributed by atoms with van der Waals surface area (Å²) in [5.41, 5.74) is 1.76. The summed E-state index contributed by atoms with van der Waals surface area (Å²) in [5.74, 6) is -0.255. The monoisotopic (exact) mass is 402 g/mol. The van der Waals surface area contributed by atoms with Crippen LogP contribution in [0.5, 0.6) is 0 Å². The van der Waals surface area contributed by atoms with Gasteiger partial charge in [0.1, 0.15) is 10.8 Å². The van der Waals surface area contributed by atoms with E-state index in [1.807, 2.05) is 12.1 Å². The van der Waals surface area contributed by atoms with Crippen LogP contribution in [0.4, 0.5) is 0 Å². The quantitative estimate of drug-likeness (QED) is 0.667. The highest BCUT2D eigenvalue weighted by Crippen LogP contribution is 2.22. The highest BCUT2D eigenvalue weighted by molar-refractivity contribution is 6.32. The van der Waals surface area contributed by atoms with Crippen molar-refractivity contribution in [2.75, 3.05) is 26.2 Å². The Morgan fingerprint density at radius 3 is 2.37 bits per heavy atom. The first-order valence-corrected chi connectivity index (χ1v) is 9.26. The fraction of sp³-hybridized carbons (Fsp3) is 0.211. The van der Waals surface area contributed by atoms with E-state index >= 15 is 0 Å². The van der Waals surface area contributed by atoms with E-state index in [-0.39, 0.29) is 17.0 Å². The molecule has 2 aromatic heterocycles. The van der Waals surface area contributed by atoms with Gasteiger partial charge in [-0.15, -0.1) is 0 Å². The summed E-state index contributed by atoms with van der Waals surface area (Å²) < 4.78 is 0. The van der Waals surface area contributed by atoms with Gasteiger partial charge in [-0.3, -0.25) is 9.59 Å². The van der Waals surface area contributed by atoms with Crippen LogP contribution >= 0.6 is 23.2 Å². The van der Waals surface area contributed by atoms with Crippen molar-refractivity contribution >= 4 is 45.9 Å². The van der Waals surface area contributed by atoms with Gasteiger partial charge < -0.3 is 14.8 Å². The zero-order chi connectivity index (χ0) is 19.0. The van der Waals surface area contributed by atoms with E-state index in [0.29, 0.717) is 42.5 Å². The van der Waals surface area contributed by atoms with Crippen LogP contribution in [0.2, 0.25) is 10.2 Å². The molecule has 4 rings (SSSR count). The Hall–Kier alpha value is -2.57. The Balaban J connectivity index is 1.44. The molecule has 1 aromatic carbocycles. The van der Waals surface area contributed by atoms with Gasteiger partial charge in [-0.05, 0) is 36.4 Å². The largest absolute Gasteiger partial charge is 0.351 e. The van der Waals surface area contributed by atoms with E-state index in [2.05, 4.69) is 9.97 Å². The molecule has 3 heterocycles. The van der Waals surface area contributed by atoms with E-state index in [1.54, 1.807) is 40.3 Å². The van der Waals surface area contributed by atoms with Gasteiger partial charge in [0.05, 0.1) is 5.56 Å². The first-order chi connectivity index (χ1) is 13.0. The molecule has 0 unspecified atom stereocenters. The number of halogens is 2. The van der Waals surface area contributed by atoms with Crippen LogP contribution in [0.3, 0.4) is 0 Å². The number of H-pyrrole nitrogens is 1. The molecule has 0 aliphatic carbocycles. The van der Waals surface area contributed by atoms with Crippen molar-refractivity contribution in [1.82, 2.24) is 19.8 Å². The predicted octanol–water partition coefficient (Wildman–Crippen LogP) is 3.47. The number of nitrogens with zero attached hydrogens (tertiary/aromatic N) is 3. The van der Waals surface area contributed by atoms with Crippen molar-refractivity contribution in [1.29, 1.82) is 0 Å². The van der Waals surface area contributed by atoms with Crippen LogP contribution in [0.15, 0.2) is 42.6 Å². The van der Waals surface area contributed by atoms with Crippen LogP contribution in [0.1, 0.15) is 20.8 Å². The maximum Gasteiger partial charge on any atom is 0.270 e. The summed E-state index contributed by atoms with van der Waals surface area (Å²) in [6, 6.07) is 10.6. The lowest BCUT2D eigenvalue weighted by atomic mass is 10.2. The molecule has 8 heteroatoms. The number of aromatic amines is 1. The molecule has 1 aliphatic rings. The van der Waals surface area contributed by atoms with Crippen molar-refractivity contribution in [2.45, 2.75) is 0 Å². The number of rotatable bonds is 2. The molecule has 0 radical (unpaired) electrons. The zero-order valence-electron chi connectivity index (χ0n) is 14.3. The maximum absolute atomic E-state index is 12.8. The van der Waals surface area contributed by atoms with Crippen LogP contribution in [-0.2, 0) is 0 Å². The molecule has 1 aliphatic heterocycles. The van der Waals surface area contributed by atoms with Crippen molar-refractivity contribution in [3.8, 4) is 0 Å². The Morgan fingerprint density at radius 2 is 1.67 bits per heavy atom. The minimum atomic E-state index is -0.166. The van der Waals surface area contributed by atoms with E-state index in [9.17, 15) is 9.59 Å². The lowest BCUT2D eigenvalue weighted by Crippen LogP contribution is -2.50. The van der Waals surface area contributed by atoms with Crippen LogP contribution in [-0.4, -0.2) is 57.8 Å². The molecule has 2 amide bonds. The number of hydrogen-bond acceptors (Lipinski definition) is 3. The molecule has 0 bridgehead atoms. The van der Waals surface area contributed by atoms with Crippen molar-refractivity contribution in [3.05, 3.63) is 64.0 Å². The second-order valence-electron chi connectivity index (χ2n) is 6.34. The Bertz CT molecular complexity index is 1030. The number of aromatic nitrogens is 2. The number of piperazine rings is 1. The van der Waals surface area contributed by atoms with Crippen molar-refractivity contribution in [3.63, 3.8) is 0 Å². The summed E-state index contributed by atoms with van der Waals surface area (Å²) in [7, 11) is 0. The molecule has 1 saturated heterocycles. The lowest BCUT2D eigenvalue weighted by molar-refractivity contribution is 0.0532. The molecule has 138 valence electrons. The standard InChI is InChI=1S/C19H16Cl2N4O2/c20-13-3-4-15-12(10-13)11-16(23-15)19(27)25-8-6-24(7-9-25)18(26)14-2-1-5-22-17(14)21/h1-5,10-11,23H,6-9H2. The number of hydrogen-bond donors (Lipinski definition) is 1. The maximum atomic E-state index is 12.8. The van der Waals surface area contributed by atoms with E-state index < -0.39 is 0 Å². The number of benzene rings is 1. The van der Waals surface area contributed by atoms with Gasteiger partial charge in [0.25, 0.3) is 11.8 Å². The van der Waals surface area contributed by atoms with E-state index in [4.69, 9.17) is 23.2 Å². The minimum Gasteiger partial charge on any atom is -0.351 e. The number of amides is 2. The fourth-order valence-electron chi connectivity index (χ4n) is 3.22. The Morgan fingerprint density at radius 1 is 0.963 bits per heavy atom. The van der Waals surface area contributed by atoms with Crippen molar-refractivity contribution < 1.29 is 9.59 Å². The van der Waals surface area contributed by atoms with Gasteiger partial charge in [0, 0.05) is 48.3 Å². The second-order valence-corrected chi connectivity index (χ2v) is 7.14. The Labute approximate surface area is 165 Å². The summed E-state index contributed by atoms with van der Waals surface area (Å²) in [6.07, 6.45) is 1.54. The first kappa shape index (κ1) is 17.8. The SMILES string of the molecule is O=C(c1cc2cc(Cl)ccc2[nH]1)N1CCN(C(=O)c2cccnc2Cl)CC1. The second kappa shape index (κ2) is 7.21. The molecule has 1 N–H and O–H groups in total. The molecule has 27 heavy (non-hydrogen) atoms. The number of nitrogens with one attached hydrogen (secondary N) is 1. The molecular weight excluding hydrogens is 387 g/mol. The molecule has 0 atom stereocenters. The van der Waals surface area contributed by atoms with Crippen LogP contribution < -0.4 is 0 Å². The molecule has 0 saturated carbocycles. The third-order valence-electron chi connectivity index (χ3n) is 4.66. The number of pyridine rings is 1. The highest BCUT2D eigenvalue weighted by Gasteiger charge is 2.27. The topological polar surface area (TPSA) is 69.3 Å². The fourth-order valence-corrected chi connectivity index (χ4v) is 3.60. The molecule has 1 fully saturated rings. The van der Waals surface area contributed by atoms with E-state index in [1.165, 1.54) is 0 Å². The highest BCUT2D eigenvalue weighted by atomic mass is 35.5. The van der Waals surface area contributed by atoms with Gasteiger partial charge in [0.15, 0.2) is 0 Å². The number of fused-ring (bicyclic) bond motifs is 1. The molecule has 6 nitrogen and oxygen atoms in total. The normalized spacial score (nSPS) is 14.6. The van der Waals surface area contributed by atoms with Crippen molar-refractivity contribution in [2.24, 2.45) is 0 Å². The Kier molecular flexibility index (Phi) is 4.76. The number of carbonyl (C=O) groups excluding carboxylic acids is 2. The molecule has 3 aromatic rings. The summed E-state index contributed by atoms with van der Waals surface area (Å²) in [4.78, 5) is 35.9.